The first-order valence-electron chi connectivity index (χ1n) is 9.84. The van der Waals surface area contributed by atoms with Crippen LogP contribution in [0.1, 0.15) is 45.4 Å². The maximum absolute atomic E-state index is 11.7. The van der Waals surface area contributed by atoms with Crippen LogP contribution in [-0.4, -0.2) is 80.8 Å². The Hall–Kier alpha value is -1.50. The highest BCUT2D eigenvalue weighted by atomic mass is 16.6. The van der Waals surface area contributed by atoms with Crippen molar-refractivity contribution >= 4 is 12.1 Å². The predicted octanol–water partition coefficient (Wildman–Crippen LogP) is 1.65. The second-order valence-electron chi connectivity index (χ2n) is 6.86. The fourth-order valence-corrected chi connectivity index (χ4v) is 3.48. The summed E-state index contributed by atoms with van der Waals surface area (Å²) in [5.41, 5.74) is 0. The van der Waals surface area contributed by atoms with Crippen LogP contribution in [0.3, 0.4) is 0 Å². The van der Waals surface area contributed by atoms with E-state index in [1.807, 2.05) is 14.0 Å². The second-order valence-corrected chi connectivity index (χ2v) is 6.86. The molecule has 25 heavy (non-hydrogen) atoms. The number of unbranched alkanes of at least 4 members (excludes halogenated alkanes) is 1. The lowest BCUT2D eigenvalue weighted by Crippen LogP contribution is -2.50. The molecule has 0 unspecified atom stereocenters. The Balaban J connectivity index is 1.56. The topological polar surface area (TPSA) is 69.2 Å². The molecule has 0 atom stereocenters. The number of likely N-dealkylation sites (tertiary alicyclic amines) is 2. The molecule has 2 N–H and O–H groups in total. The summed E-state index contributed by atoms with van der Waals surface area (Å²) in [6, 6.07) is 0.362. The molecular weight excluding hydrogens is 318 g/mol. The Bertz CT molecular complexity index is 416. The van der Waals surface area contributed by atoms with Gasteiger partial charge in [-0.25, -0.2) is 4.79 Å². The molecule has 0 aliphatic carbocycles. The Morgan fingerprint density at radius 3 is 2.52 bits per heavy atom. The van der Waals surface area contributed by atoms with Gasteiger partial charge in [-0.3, -0.25) is 4.99 Å². The minimum atomic E-state index is -0.193. The first kappa shape index (κ1) is 19.8. The average molecular weight is 354 g/mol. The van der Waals surface area contributed by atoms with Gasteiger partial charge in [0.1, 0.15) is 0 Å². The van der Waals surface area contributed by atoms with E-state index in [2.05, 4.69) is 20.5 Å². The van der Waals surface area contributed by atoms with Gasteiger partial charge in [-0.15, -0.1) is 0 Å². The zero-order valence-corrected chi connectivity index (χ0v) is 15.9. The Labute approximate surface area is 152 Å². The first-order chi connectivity index (χ1) is 12.2. The van der Waals surface area contributed by atoms with Gasteiger partial charge >= 0.3 is 6.09 Å². The standard InChI is InChI=1S/C18H35N5O2/c1-3-25-18(24)23-14-8-16(9-15-23)21-17(19-2)20-10-4-5-11-22-12-6-7-13-22/h16H,3-15H2,1-2H3,(H2,19,20,21). The lowest BCUT2D eigenvalue weighted by Gasteiger charge is -2.32. The highest BCUT2D eigenvalue weighted by Crippen LogP contribution is 2.11. The van der Waals surface area contributed by atoms with Gasteiger partial charge in [0.15, 0.2) is 5.96 Å². The van der Waals surface area contributed by atoms with Crippen LogP contribution in [0, 0.1) is 0 Å². The number of carbonyl (C=O) groups excluding carboxylic acids is 1. The van der Waals surface area contributed by atoms with Crippen molar-refractivity contribution in [2.24, 2.45) is 4.99 Å². The van der Waals surface area contributed by atoms with E-state index in [0.29, 0.717) is 12.6 Å². The highest BCUT2D eigenvalue weighted by Gasteiger charge is 2.23. The summed E-state index contributed by atoms with van der Waals surface area (Å²) in [5, 5.41) is 6.89. The number of aliphatic imine (C=N–C) groups is 1. The zero-order chi connectivity index (χ0) is 17.9. The van der Waals surface area contributed by atoms with Gasteiger partial charge in [0.2, 0.25) is 0 Å². The van der Waals surface area contributed by atoms with E-state index in [1.54, 1.807) is 4.90 Å². The highest BCUT2D eigenvalue weighted by molar-refractivity contribution is 5.80. The summed E-state index contributed by atoms with van der Waals surface area (Å²) >= 11 is 0. The van der Waals surface area contributed by atoms with Crippen LogP contribution >= 0.6 is 0 Å². The van der Waals surface area contributed by atoms with E-state index >= 15 is 0 Å². The molecule has 0 spiro atoms. The molecule has 1 amide bonds. The number of hydrogen-bond donors (Lipinski definition) is 2. The van der Waals surface area contributed by atoms with Gasteiger partial charge in [-0.2, -0.15) is 0 Å². The molecule has 2 saturated heterocycles. The van der Waals surface area contributed by atoms with Crippen molar-refractivity contribution in [3.63, 3.8) is 0 Å². The van der Waals surface area contributed by atoms with E-state index < -0.39 is 0 Å². The number of rotatable bonds is 7. The quantitative estimate of drug-likeness (QED) is 0.414. The van der Waals surface area contributed by atoms with Gasteiger partial charge < -0.3 is 25.2 Å². The molecule has 2 aliphatic heterocycles. The molecule has 2 heterocycles. The van der Waals surface area contributed by atoms with E-state index in [-0.39, 0.29) is 6.09 Å². The lowest BCUT2D eigenvalue weighted by molar-refractivity contribution is 0.0963. The monoisotopic (exact) mass is 353 g/mol. The molecular formula is C18H35N5O2. The molecule has 2 rings (SSSR count). The van der Waals surface area contributed by atoms with E-state index in [9.17, 15) is 4.79 Å². The fourth-order valence-electron chi connectivity index (χ4n) is 3.48. The Kier molecular flexibility index (Phi) is 8.86. The van der Waals surface area contributed by atoms with Crippen molar-refractivity contribution in [1.29, 1.82) is 0 Å². The van der Waals surface area contributed by atoms with Crippen LogP contribution < -0.4 is 10.6 Å². The Morgan fingerprint density at radius 1 is 1.16 bits per heavy atom. The predicted molar refractivity (Wildman–Crippen MR) is 101 cm³/mol. The van der Waals surface area contributed by atoms with Crippen LogP contribution in [0.15, 0.2) is 4.99 Å². The smallest absolute Gasteiger partial charge is 0.409 e. The third-order valence-electron chi connectivity index (χ3n) is 4.98. The van der Waals surface area contributed by atoms with Gasteiger partial charge in [-0.1, -0.05) is 0 Å². The lowest BCUT2D eigenvalue weighted by atomic mass is 10.1. The van der Waals surface area contributed by atoms with Crippen LogP contribution in [0.2, 0.25) is 0 Å². The number of amides is 1. The summed E-state index contributed by atoms with van der Waals surface area (Å²) in [4.78, 5) is 20.4. The maximum Gasteiger partial charge on any atom is 0.409 e. The Morgan fingerprint density at radius 2 is 1.88 bits per heavy atom. The molecule has 2 aliphatic rings. The largest absolute Gasteiger partial charge is 0.450 e. The third-order valence-corrected chi connectivity index (χ3v) is 4.98. The van der Waals surface area contributed by atoms with Crippen LogP contribution in [-0.2, 0) is 4.74 Å². The third kappa shape index (κ3) is 7.10. The van der Waals surface area contributed by atoms with Crippen molar-refractivity contribution < 1.29 is 9.53 Å². The van der Waals surface area contributed by atoms with Crippen molar-refractivity contribution in [1.82, 2.24) is 20.4 Å². The molecule has 0 saturated carbocycles. The van der Waals surface area contributed by atoms with E-state index in [0.717, 1.165) is 38.4 Å². The average Bonchev–Trinajstić information content (AvgIpc) is 3.14. The number of piperidine rings is 1. The summed E-state index contributed by atoms with van der Waals surface area (Å²) < 4.78 is 5.06. The fraction of sp³-hybridized carbons (Fsp3) is 0.889. The minimum Gasteiger partial charge on any atom is -0.450 e. The SMILES string of the molecule is CCOC(=O)N1CCC(NC(=NC)NCCCCN2CCCC2)CC1. The summed E-state index contributed by atoms with van der Waals surface area (Å²) in [6.45, 7) is 8.49. The molecule has 0 aromatic heterocycles. The number of guanidine groups is 1. The summed E-state index contributed by atoms with van der Waals surface area (Å²) in [6.07, 6.45) is 6.79. The number of nitrogens with zero attached hydrogens (tertiary/aromatic N) is 3. The minimum absolute atomic E-state index is 0.193. The number of nitrogens with one attached hydrogen (secondary N) is 2. The first-order valence-corrected chi connectivity index (χ1v) is 9.84. The molecule has 7 heteroatoms. The van der Waals surface area contributed by atoms with Gasteiger partial charge in [0.25, 0.3) is 0 Å². The van der Waals surface area contributed by atoms with Crippen molar-refractivity contribution in [3.05, 3.63) is 0 Å². The molecule has 144 valence electrons. The normalized spacial score (nSPS) is 19.9. The second kappa shape index (κ2) is 11.2. The van der Waals surface area contributed by atoms with E-state index in [1.165, 1.54) is 45.3 Å². The van der Waals surface area contributed by atoms with Crippen molar-refractivity contribution in [2.45, 2.75) is 51.5 Å². The van der Waals surface area contributed by atoms with Gasteiger partial charge in [-0.05, 0) is 65.1 Å². The number of carbonyl (C=O) groups is 1. The van der Waals surface area contributed by atoms with Crippen molar-refractivity contribution in [3.8, 4) is 0 Å². The summed E-state index contributed by atoms with van der Waals surface area (Å²) in [7, 11) is 1.81. The number of ether oxygens (including phenoxy) is 1. The maximum atomic E-state index is 11.7. The summed E-state index contributed by atoms with van der Waals surface area (Å²) in [5.74, 6) is 0.871. The van der Waals surface area contributed by atoms with E-state index in [4.69, 9.17) is 4.74 Å². The number of hydrogen-bond acceptors (Lipinski definition) is 4. The molecule has 0 aromatic rings. The van der Waals surface area contributed by atoms with Gasteiger partial charge in [0, 0.05) is 32.7 Å². The molecule has 0 radical (unpaired) electrons. The van der Waals surface area contributed by atoms with Crippen LogP contribution in [0.4, 0.5) is 4.79 Å². The van der Waals surface area contributed by atoms with Crippen molar-refractivity contribution in [2.75, 3.05) is 52.9 Å². The molecule has 0 aromatic carbocycles. The van der Waals surface area contributed by atoms with Gasteiger partial charge in [0.05, 0.1) is 6.61 Å². The molecule has 7 nitrogen and oxygen atoms in total. The van der Waals surface area contributed by atoms with Crippen LogP contribution in [0.25, 0.3) is 0 Å². The van der Waals surface area contributed by atoms with Crippen LogP contribution in [0.5, 0.6) is 0 Å². The molecule has 2 fully saturated rings. The molecule has 0 bridgehead atoms. The zero-order valence-electron chi connectivity index (χ0n) is 15.9.